The molecule has 1 fully saturated rings. The molecule has 1 aromatic rings. The van der Waals surface area contributed by atoms with Crippen molar-refractivity contribution < 1.29 is 4.74 Å². The molecule has 5 nitrogen and oxygen atoms in total. The van der Waals surface area contributed by atoms with Crippen molar-refractivity contribution in [3.63, 3.8) is 0 Å². The quantitative estimate of drug-likeness (QED) is 0.287. The highest BCUT2D eigenvalue weighted by atomic mass is 127. The van der Waals surface area contributed by atoms with Crippen LogP contribution in [0.2, 0.25) is 0 Å². The summed E-state index contributed by atoms with van der Waals surface area (Å²) >= 11 is 0. The minimum atomic E-state index is 0. The smallest absolute Gasteiger partial charge is 0.189 e. The molecule has 3 N–H and O–H groups in total. The molecule has 6 heteroatoms. The predicted octanol–water partition coefficient (Wildman–Crippen LogP) is 3.69. The van der Waals surface area contributed by atoms with Gasteiger partial charge >= 0.3 is 0 Å². The standard InChI is InChI=1S/C20H32N4O.HI/c1-16-8-4-6-13-24(16)14-7-5-12-22-20(21)23-18-11-15-25-19-10-3-2-9-17(18)19;/h2-3,9-10,16,18H,4-8,11-15H2,1H3,(H3,21,22,23);1H. The van der Waals surface area contributed by atoms with Gasteiger partial charge in [-0.1, -0.05) is 24.6 Å². The van der Waals surface area contributed by atoms with Gasteiger partial charge in [0.05, 0.1) is 12.6 Å². The number of fused-ring (bicyclic) bond motifs is 1. The van der Waals surface area contributed by atoms with Crippen LogP contribution in [-0.4, -0.2) is 43.1 Å². The Bertz CT molecular complexity index is 581. The molecule has 0 aliphatic carbocycles. The molecular weight excluding hydrogens is 439 g/mol. The average Bonchev–Trinajstić information content (AvgIpc) is 2.63. The Morgan fingerprint density at radius 2 is 2.12 bits per heavy atom. The number of nitrogens with zero attached hydrogens (tertiary/aromatic N) is 2. The summed E-state index contributed by atoms with van der Waals surface area (Å²) in [5, 5.41) is 3.36. The molecule has 0 aromatic heterocycles. The first-order chi connectivity index (χ1) is 12.2. The molecule has 2 aliphatic rings. The minimum Gasteiger partial charge on any atom is -0.493 e. The van der Waals surface area contributed by atoms with Gasteiger partial charge in [-0.3, -0.25) is 4.99 Å². The monoisotopic (exact) mass is 472 g/mol. The van der Waals surface area contributed by atoms with Crippen molar-refractivity contribution in [2.75, 3.05) is 26.2 Å². The molecule has 3 rings (SSSR count). The normalized spacial score (nSPS) is 23.5. The molecule has 2 atom stereocenters. The number of guanidine groups is 1. The Morgan fingerprint density at radius 1 is 1.27 bits per heavy atom. The van der Waals surface area contributed by atoms with Gasteiger partial charge in [0.1, 0.15) is 5.75 Å². The van der Waals surface area contributed by atoms with E-state index >= 15 is 0 Å². The summed E-state index contributed by atoms with van der Waals surface area (Å²) in [5.74, 6) is 1.50. The number of aliphatic imine (C=N–C) groups is 1. The lowest BCUT2D eigenvalue weighted by atomic mass is 10.0. The molecule has 0 spiro atoms. The number of unbranched alkanes of at least 4 members (excludes halogenated alkanes) is 1. The van der Waals surface area contributed by atoms with E-state index in [-0.39, 0.29) is 30.0 Å². The van der Waals surface area contributed by atoms with E-state index in [9.17, 15) is 0 Å². The topological polar surface area (TPSA) is 62.9 Å². The van der Waals surface area contributed by atoms with Crippen molar-refractivity contribution in [1.29, 1.82) is 0 Å². The van der Waals surface area contributed by atoms with Crippen LogP contribution >= 0.6 is 24.0 Å². The Labute approximate surface area is 174 Å². The number of benzene rings is 1. The summed E-state index contributed by atoms with van der Waals surface area (Å²) in [6.07, 6.45) is 7.30. The maximum Gasteiger partial charge on any atom is 0.189 e. The van der Waals surface area contributed by atoms with Crippen molar-refractivity contribution in [2.24, 2.45) is 10.7 Å². The third-order valence-electron chi connectivity index (χ3n) is 5.36. The number of hydrogen-bond acceptors (Lipinski definition) is 3. The molecule has 0 radical (unpaired) electrons. The SMILES string of the molecule is CC1CCCCN1CCCCN=C(N)NC1CCOc2ccccc21.I. The van der Waals surface area contributed by atoms with Gasteiger partial charge in [0, 0.05) is 24.6 Å². The second-order valence-corrected chi connectivity index (χ2v) is 7.23. The second-order valence-electron chi connectivity index (χ2n) is 7.23. The van der Waals surface area contributed by atoms with Crippen molar-refractivity contribution in [3.05, 3.63) is 29.8 Å². The van der Waals surface area contributed by atoms with Crippen LogP contribution in [0.15, 0.2) is 29.3 Å². The lowest BCUT2D eigenvalue weighted by Gasteiger charge is -2.33. The van der Waals surface area contributed by atoms with Gasteiger partial charge in [0.2, 0.25) is 0 Å². The van der Waals surface area contributed by atoms with E-state index in [0.29, 0.717) is 5.96 Å². The number of nitrogens with two attached hydrogens (primary N) is 1. The summed E-state index contributed by atoms with van der Waals surface area (Å²) in [7, 11) is 0. The first kappa shape index (κ1) is 21.3. The van der Waals surface area contributed by atoms with Crippen LogP contribution < -0.4 is 15.8 Å². The van der Waals surface area contributed by atoms with Gasteiger partial charge < -0.3 is 20.7 Å². The number of likely N-dealkylation sites (tertiary alicyclic amines) is 1. The second kappa shape index (κ2) is 11.0. The fourth-order valence-corrected chi connectivity index (χ4v) is 3.83. The Balaban J connectivity index is 0.00000243. The first-order valence-electron chi connectivity index (χ1n) is 9.76. The molecule has 26 heavy (non-hydrogen) atoms. The van der Waals surface area contributed by atoms with Crippen LogP contribution in [-0.2, 0) is 0 Å². The zero-order valence-electron chi connectivity index (χ0n) is 15.8. The molecule has 146 valence electrons. The lowest BCUT2D eigenvalue weighted by Crippen LogP contribution is -2.38. The van der Waals surface area contributed by atoms with Crippen LogP contribution in [0.4, 0.5) is 0 Å². The molecule has 2 aliphatic heterocycles. The van der Waals surface area contributed by atoms with Crippen molar-refractivity contribution in [3.8, 4) is 5.75 Å². The molecule has 2 heterocycles. The predicted molar refractivity (Wildman–Crippen MR) is 118 cm³/mol. The molecule has 1 saturated heterocycles. The highest BCUT2D eigenvalue weighted by Crippen LogP contribution is 2.31. The van der Waals surface area contributed by atoms with Crippen LogP contribution in [0.1, 0.15) is 57.1 Å². The van der Waals surface area contributed by atoms with Crippen LogP contribution in [0.25, 0.3) is 0 Å². The first-order valence-corrected chi connectivity index (χ1v) is 9.76. The van der Waals surface area contributed by atoms with Crippen molar-refractivity contribution in [1.82, 2.24) is 10.2 Å². The number of piperidine rings is 1. The molecule has 1 aromatic carbocycles. The summed E-state index contributed by atoms with van der Waals surface area (Å²) < 4.78 is 5.69. The van der Waals surface area contributed by atoms with Crippen molar-refractivity contribution >= 4 is 29.9 Å². The summed E-state index contributed by atoms with van der Waals surface area (Å²) in [5.41, 5.74) is 7.27. The van der Waals surface area contributed by atoms with E-state index in [4.69, 9.17) is 10.5 Å². The molecule has 0 bridgehead atoms. The number of ether oxygens (including phenoxy) is 1. The zero-order chi connectivity index (χ0) is 17.5. The van der Waals surface area contributed by atoms with E-state index in [2.05, 4.69) is 28.2 Å². The Morgan fingerprint density at radius 3 is 2.96 bits per heavy atom. The van der Waals surface area contributed by atoms with Gasteiger partial charge in [0.15, 0.2) is 5.96 Å². The van der Waals surface area contributed by atoms with Gasteiger partial charge in [-0.25, -0.2) is 0 Å². The summed E-state index contributed by atoms with van der Waals surface area (Å²) in [4.78, 5) is 7.14. The fraction of sp³-hybridized carbons (Fsp3) is 0.650. The number of rotatable bonds is 6. The van der Waals surface area contributed by atoms with Gasteiger partial charge in [-0.05, 0) is 51.8 Å². The van der Waals surface area contributed by atoms with Crippen LogP contribution in [0, 0.1) is 0 Å². The Hall–Kier alpha value is -1.02. The van der Waals surface area contributed by atoms with Crippen LogP contribution in [0.3, 0.4) is 0 Å². The van der Waals surface area contributed by atoms with E-state index in [1.807, 2.05) is 18.2 Å². The van der Waals surface area contributed by atoms with Crippen LogP contribution in [0.5, 0.6) is 5.75 Å². The number of para-hydroxylation sites is 1. The van der Waals surface area contributed by atoms with Gasteiger partial charge in [-0.15, -0.1) is 24.0 Å². The van der Waals surface area contributed by atoms with E-state index in [1.165, 1.54) is 44.3 Å². The highest BCUT2D eigenvalue weighted by Gasteiger charge is 2.21. The molecule has 0 saturated carbocycles. The fourth-order valence-electron chi connectivity index (χ4n) is 3.83. The maximum absolute atomic E-state index is 6.10. The lowest BCUT2D eigenvalue weighted by molar-refractivity contribution is 0.158. The van der Waals surface area contributed by atoms with Gasteiger partial charge in [0.25, 0.3) is 0 Å². The Kier molecular flexibility index (Phi) is 8.98. The highest BCUT2D eigenvalue weighted by molar-refractivity contribution is 14.0. The number of nitrogens with one attached hydrogen (secondary N) is 1. The van der Waals surface area contributed by atoms with Crippen molar-refractivity contribution in [2.45, 2.75) is 57.5 Å². The summed E-state index contributed by atoms with van der Waals surface area (Å²) in [6, 6.07) is 9.09. The number of halogens is 1. The van der Waals surface area contributed by atoms with Gasteiger partial charge in [-0.2, -0.15) is 0 Å². The third kappa shape index (κ3) is 6.01. The zero-order valence-corrected chi connectivity index (χ0v) is 18.2. The molecule has 0 amide bonds. The number of hydrogen-bond donors (Lipinski definition) is 2. The largest absolute Gasteiger partial charge is 0.493 e. The summed E-state index contributed by atoms with van der Waals surface area (Å²) in [6.45, 7) is 6.32. The van der Waals surface area contributed by atoms with E-state index in [1.54, 1.807) is 0 Å². The maximum atomic E-state index is 6.10. The average molecular weight is 472 g/mol. The van der Waals surface area contributed by atoms with E-state index in [0.717, 1.165) is 37.8 Å². The third-order valence-corrected chi connectivity index (χ3v) is 5.36. The minimum absolute atomic E-state index is 0. The van der Waals surface area contributed by atoms with E-state index < -0.39 is 0 Å². The molecule has 2 unspecified atom stereocenters. The molecular formula is C20H33IN4O.